The lowest BCUT2D eigenvalue weighted by Crippen LogP contribution is -2.44. The van der Waals surface area contributed by atoms with Gasteiger partial charge in [-0.25, -0.2) is 5.10 Å². The minimum atomic E-state index is -4.39. The van der Waals surface area contributed by atoms with Gasteiger partial charge < -0.3 is 9.80 Å². The Labute approximate surface area is 197 Å². The number of alkyl halides is 3. The number of nitrogens with zero attached hydrogens (tertiary/aromatic N) is 5. The van der Waals surface area contributed by atoms with Gasteiger partial charge in [-0.05, 0) is 54.3 Å². The van der Waals surface area contributed by atoms with Crippen LogP contribution in [0.25, 0.3) is 22.5 Å². The molecule has 1 aliphatic heterocycles. The lowest BCUT2D eigenvalue weighted by atomic mass is 9.98. The van der Waals surface area contributed by atoms with Gasteiger partial charge in [-0.3, -0.25) is 0 Å². The maximum atomic E-state index is 14.1. The highest BCUT2D eigenvalue weighted by Crippen LogP contribution is 2.42. The molecule has 0 atom stereocenters. The van der Waals surface area contributed by atoms with Crippen molar-refractivity contribution in [3.63, 3.8) is 0 Å². The van der Waals surface area contributed by atoms with Crippen molar-refractivity contribution in [2.75, 3.05) is 6.67 Å². The van der Waals surface area contributed by atoms with Gasteiger partial charge in [-0.1, -0.05) is 61.9 Å². The van der Waals surface area contributed by atoms with Crippen molar-refractivity contribution >= 4 is 0 Å². The van der Waals surface area contributed by atoms with E-state index < -0.39 is 17.4 Å². The highest BCUT2D eigenvalue weighted by Gasteiger charge is 2.48. The Morgan fingerprint density at radius 3 is 2.21 bits per heavy atom. The molecule has 6 nitrogen and oxygen atoms in total. The fourth-order valence-electron chi connectivity index (χ4n) is 4.38. The van der Waals surface area contributed by atoms with Gasteiger partial charge in [-0.15, -0.1) is 5.10 Å². The number of aromatic nitrogens is 4. The monoisotopic (exact) mass is 470 g/mol. The predicted octanol–water partition coefficient (Wildman–Crippen LogP) is 5.98. The molecule has 34 heavy (non-hydrogen) atoms. The molecule has 180 valence electrons. The van der Waals surface area contributed by atoms with Gasteiger partial charge >= 0.3 is 6.18 Å². The van der Waals surface area contributed by atoms with Crippen molar-refractivity contribution < 1.29 is 13.2 Å². The third kappa shape index (κ3) is 4.78. The zero-order valence-corrected chi connectivity index (χ0v) is 19.8. The van der Waals surface area contributed by atoms with E-state index in [2.05, 4.69) is 20.6 Å². The van der Waals surface area contributed by atoms with Crippen LogP contribution in [0, 0.1) is 0 Å². The molecule has 0 saturated carbocycles. The summed E-state index contributed by atoms with van der Waals surface area (Å²) in [6, 6.07) is 15.7. The second kappa shape index (κ2) is 9.12. The summed E-state index contributed by atoms with van der Waals surface area (Å²) in [6.45, 7) is 8.01. The summed E-state index contributed by atoms with van der Waals surface area (Å²) >= 11 is 0. The Bertz CT molecular complexity index is 1140. The first-order valence-electron chi connectivity index (χ1n) is 11.3. The average Bonchev–Trinajstić information content (AvgIpc) is 3.43. The summed E-state index contributed by atoms with van der Waals surface area (Å²) in [5.74, 6) is 0.577. The lowest BCUT2D eigenvalue weighted by Gasteiger charge is -2.36. The SMILES string of the molecule is CCCC1=C(C(F)(F)F)N(C(C)(C)C)CN1Cc1ccc(-c2ccccc2-c2nnn[nH]2)cc1. The number of halogens is 3. The topological polar surface area (TPSA) is 60.9 Å². The molecule has 9 heteroatoms. The van der Waals surface area contributed by atoms with Crippen LogP contribution >= 0.6 is 0 Å². The van der Waals surface area contributed by atoms with Crippen LogP contribution in [0.3, 0.4) is 0 Å². The number of hydrogen-bond donors (Lipinski definition) is 1. The summed E-state index contributed by atoms with van der Waals surface area (Å²) in [4.78, 5) is 3.34. The maximum absolute atomic E-state index is 14.1. The van der Waals surface area contributed by atoms with E-state index in [1.807, 2.05) is 81.1 Å². The van der Waals surface area contributed by atoms with Crippen LogP contribution in [-0.4, -0.2) is 48.8 Å². The van der Waals surface area contributed by atoms with Crippen LogP contribution in [0.5, 0.6) is 0 Å². The fraction of sp³-hybridized carbons (Fsp3) is 0.400. The Morgan fingerprint density at radius 2 is 1.65 bits per heavy atom. The fourth-order valence-corrected chi connectivity index (χ4v) is 4.38. The minimum Gasteiger partial charge on any atom is -0.351 e. The number of aromatic amines is 1. The van der Waals surface area contributed by atoms with E-state index in [9.17, 15) is 13.2 Å². The molecule has 2 heterocycles. The van der Waals surface area contributed by atoms with E-state index in [-0.39, 0.29) is 6.67 Å². The average molecular weight is 471 g/mol. The van der Waals surface area contributed by atoms with Gasteiger partial charge in [0.2, 0.25) is 0 Å². The van der Waals surface area contributed by atoms with E-state index in [1.54, 1.807) is 0 Å². The molecule has 0 saturated heterocycles. The highest BCUT2D eigenvalue weighted by molar-refractivity contribution is 5.80. The zero-order chi connectivity index (χ0) is 24.5. The molecule has 0 radical (unpaired) electrons. The Balaban J connectivity index is 1.62. The number of H-pyrrole nitrogens is 1. The molecule has 4 rings (SSSR count). The van der Waals surface area contributed by atoms with Crippen LogP contribution in [-0.2, 0) is 6.54 Å². The van der Waals surface area contributed by atoms with Crippen molar-refractivity contribution in [2.45, 2.75) is 58.8 Å². The van der Waals surface area contributed by atoms with Crippen molar-refractivity contribution in [3.05, 3.63) is 65.5 Å². The first kappa shape index (κ1) is 23.8. The van der Waals surface area contributed by atoms with Gasteiger partial charge in [0.05, 0.1) is 6.67 Å². The van der Waals surface area contributed by atoms with Crippen LogP contribution in [0.15, 0.2) is 59.9 Å². The number of nitrogens with one attached hydrogen (secondary N) is 1. The molecular formula is C25H29F3N6. The third-order valence-electron chi connectivity index (χ3n) is 5.97. The molecule has 0 aliphatic carbocycles. The molecule has 0 amide bonds. The molecule has 0 bridgehead atoms. The third-order valence-corrected chi connectivity index (χ3v) is 5.97. The van der Waals surface area contributed by atoms with Crippen molar-refractivity contribution in [1.82, 2.24) is 30.4 Å². The number of tetrazole rings is 1. The van der Waals surface area contributed by atoms with Gasteiger partial charge in [0, 0.05) is 23.3 Å². The van der Waals surface area contributed by atoms with Crippen LogP contribution in [0.4, 0.5) is 13.2 Å². The number of allylic oxidation sites excluding steroid dienone is 2. The quantitative estimate of drug-likeness (QED) is 0.480. The normalized spacial score (nSPS) is 14.9. The standard InChI is InChI=1S/C25H29F3N6/c1-5-8-21-22(25(26,27)28)34(24(2,3)4)16-33(21)15-17-11-13-18(14-12-17)19-9-6-7-10-20(19)23-29-31-32-30-23/h6-7,9-14H,5,8,15-16H2,1-4H3,(H,29,30,31,32). The lowest BCUT2D eigenvalue weighted by molar-refractivity contribution is -0.117. The largest absolute Gasteiger partial charge is 0.432 e. The van der Waals surface area contributed by atoms with E-state index in [1.165, 1.54) is 4.90 Å². The number of hydrogen-bond acceptors (Lipinski definition) is 5. The molecule has 0 fully saturated rings. The molecule has 0 unspecified atom stereocenters. The van der Waals surface area contributed by atoms with Crippen LogP contribution in [0.2, 0.25) is 0 Å². The molecule has 2 aromatic carbocycles. The Kier molecular flexibility index (Phi) is 6.38. The van der Waals surface area contributed by atoms with Crippen molar-refractivity contribution in [3.8, 4) is 22.5 Å². The van der Waals surface area contributed by atoms with E-state index in [0.29, 0.717) is 30.9 Å². The van der Waals surface area contributed by atoms with Gasteiger partial charge in [0.25, 0.3) is 0 Å². The number of rotatable bonds is 6. The Morgan fingerprint density at radius 1 is 0.971 bits per heavy atom. The molecule has 1 N–H and O–H groups in total. The zero-order valence-electron chi connectivity index (χ0n) is 19.8. The molecule has 1 aliphatic rings. The molecule has 1 aromatic heterocycles. The summed E-state index contributed by atoms with van der Waals surface area (Å²) in [5.41, 5.74) is 3.01. The molecule has 3 aromatic rings. The highest BCUT2D eigenvalue weighted by atomic mass is 19.4. The van der Waals surface area contributed by atoms with E-state index in [4.69, 9.17) is 0 Å². The second-order valence-electron chi connectivity index (χ2n) is 9.47. The number of benzene rings is 2. The smallest absolute Gasteiger partial charge is 0.351 e. The summed E-state index contributed by atoms with van der Waals surface area (Å²) in [6.07, 6.45) is -3.36. The van der Waals surface area contributed by atoms with Gasteiger partial charge in [0.1, 0.15) is 5.70 Å². The van der Waals surface area contributed by atoms with E-state index >= 15 is 0 Å². The Hall–Kier alpha value is -3.36. The van der Waals surface area contributed by atoms with E-state index in [0.717, 1.165) is 22.3 Å². The molecule has 0 spiro atoms. The maximum Gasteiger partial charge on any atom is 0.432 e. The first-order chi connectivity index (χ1) is 16.1. The van der Waals surface area contributed by atoms with Gasteiger partial charge in [0.15, 0.2) is 5.82 Å². The summed E-state index contributed by atoms with van der Waals surface area (Å²) in [5, 5.41) is 14.1. The van der Waals surface area contributed by atoms with Crippen molar-refractivity contribution in [2.24, 2.45) is 0 Å². The van der Waals surface area contributed by atoms with Crippen LogP contribution < -0.4 is 0 Å². The summed E-state index contributed by atoms with van der Waals surface area (Å²) < 4.78 is 42.2. The molecular weight excluding hydrogens is 441 g/mol. The summed E-state index contributed by atoms with van der Waals surface area (Å²) in [7, 11) is 0. The minimum absolute atomic E-state index is 0.219. The van der Waals surface area contributed by atoms with Crippen LogP contribution in [0.1, 0.15) is 46.1 Å². The first-order valence-corrected chi connectivity index (χ1v) is 11.3. The van der Waals surface area contributed by atoms with Gasteiger partial charge in [-0.2, -0.15) is 13.2 Å². The van der Waals surface area contributed by atoms with Crippen molar-refractivity contribution in [1.29, 1.82) is 0 Å². The predicted molar refractivity (Wildman–Crippen MR) is 125 cm³/mol. The second-order valence-corrected chi connectivity index (χ2v) is 9.47.